The lowest BCUT2D eigenvalue weighted by molar-refractivity contribution is 0.0203. The van der Waals surface area contributed by atoms with Crippen LogP contribution in [0.4, 0.5) is 19.3 Å². The molecule has 0 spiro atoms. The van der Waals surface area contributed by atoms with Gasteiger partial charge in [-0.3, -0.25) is 4.79 Å². The van der Waals surface area contributed by atoms with Crippen molar-refractivity contribution in [1.82, 2.24) is 19.6 Å². The highest BCUT2D eigenvalue weighted by molar-refractivity contribution is 5.95. The fourth-order valence-corrected chi connectivity index (χ4v) is 5.82. The van der Waals surface area contributed by atoms with Gasteiger partial charge >= 0.3 is 6.09 Å². The average Bonchev–Trinajstić information content (AvgIpc) is 3.38. The minimum Gasteiger partial charge on any atom is -0.444 e. The Labute approximate surface area is 245 Å². The molecule has 10 heteroatoms. The van der Waals surface area contributed by atoms with Crippen LogP contribution in [0, 0.1) is 25.5 Å². The van der Waals surface area contributed by atoms with Crippen molar-refractivity contribution in [3.63, 3.8) is 0 Å². The van der Waals surface area contributed by atoms with Crippen LogP contribution in [0.5, 0.6) is 0 Å². The van der Waals surface area contributed by atoms with Crippen LogP contribution in [0.25, 0.3) is 5.69 Å². The van der Waals surface area contributed by atoms with E-state index in [1.54, 1.807) is 4.90 Å². The van der Waals surface area contributed by atoms with E-state index in [1.807, 2.05) is 25.7 Å². The minimum absolute atomic E-state index is 0.0831. The molecule has 1 aromatic heterocycles. The predicted molar refractivity (Wildman–Crippen MR) is 157 cm³/mol. The Kier molecular flexibility index (Phi) is 8.25. The summed E-state index contributed by atoms with van der Waals surface area (Å²) in [7, 11) is 0. The van der Waals surface area contributed by atoms with Crippen LogP contribution >= 0.6 is 0 Å². The maximum Gasteiger partial charge on any atom is 0.410 e. The summed E-state index contributed by atoms with van der Waals surface area (Å²) in [5.41, 5.74) is 4.13. The van der Waals surface area contributed by atoms with Crippen molar-refractivity contribution in [2.45, 2.75) is 59.0 Å². The van der Waals surface area contributed by atoms with Gasteiger partial charge in [-0.05, 0) is 76.8 Å². The summed E-state index contributed by atoms with van der Waals surface area (Å²) in [5, 5.41) is 4.45. The molecule has 5 rings (SSSR count). The number of nitrogens with zero attached hydrogens (tertiary/aromatic N) is 5. The quantitative estimate of drug-likeness (QED) is 0.388. The molecule has 0 aliphatic carbocycles. The average molecular weight is 580 g/mol. The molecule has 0 bridgehead atoms. The molecule has 3 heterocycles. The second-order valence-corrected chi connectivity index (χ2v) is 12.2. The smallest absolute Gasteiger partial charge is 0.410 e. The van der Waals surface area contributed by atoms with Gasteiger partial charge in [-0.1, -0.05) is 12.1 Å². The van der Waals surface area contributed by atoms with Crippen LogP contribution in [0.1, 0.15) is 66.7 Å². The van der Waals surface area contributed by atoms with Crippen molar-refractivity contribution in [1.29, 1.82) is 0 Å². The van der Waals surface area contributed by atoms with Gasteiger partial charge in [0.2, 0.25) is 0 Å². The molecule has 3 aromatic rings. The predicted octanol–water partition coefficient (Wildman–Crippen LogP) is 5.84. The van der Waals surface area contributed by atoms with E-state index in [-0.39, 0.29) is 23.6 Å². The van der Waals surface area contributed by atoms with E-state index >= 15 is 0 Å². The molecule has 42 heavy (non-hydrogen) atoms. The monoisotopic (exact) mass is 579 g/mol. The second kappa shape index (κ2) is 11.7. The number of halogens is 2. The first-order valence-corrected chi connectivity index (χ1v) is 14.5. The summed E-state index contributed by atoms with van der Waals surface area (Å²) in [6.07, 6.45) is 2.22. The Morgan fingerprint density at radius 1 is 0.905 bits per heavy atom. The van der Waals surface area contributed by atoms with E-state index in [4.69, 9.17) is 4.74 Å². The maximum absolute atomic E-state index is 15.0. The number of amides is 2. The van der Waals surface area contributed by atoms with Crippen LogP contribution in [0.2, 0.25) is 0 Å². The number of benzene rings is 2. The van der Waals surface area contributed by atoms with Gasteiger partial charge in [0.25, 0.3) is 5.91 Å². The number of rotatable bonds is 4. The number of aryl methyl sites for hydroxylation is 1. The molecule has 2 aliphatic rings. The molecule has 2 aliphatic heterocycles. The highest BCUT2D eigenvalue weighted by Gasteiger charge is 2.34. The Morgan fingerprint density at radius 3 is 2.24 bits per heavy atom. The SMILES string of the molecule is Cc1cccc(N2CCN(C(=O)c3cnn(-c4ccc(F)cc4F)c3C3CCN(C(=O)OC(C)(C)C)CC3)CC2)c1C. The number of hydrogen-bond donors (Lipinski definition) is 0. The number of aromatic nitrogens is 2. The van der Waals surface area contributed by atoms with Crippen LogP contribution < -0.4 is 4.90 Å². The van der Waals surface area contributed by atoms with Gasteiger partial charge in [0, 0.05) is 56.9 Å². The molecular formula is C32H39F2N5O3. The van der Waals surface area contributed by atoms with E-state index in [0.717, 1.165) is 6.07 Å². The summed E-state index contributed by atoms with van der Waals surface area (Å²) in [6.45, 7) is 13.0. The third-order valence-electron chi connectivity index (χ3n) is 8.19. The first kappa shape index (κ1) is 29.5. The number of piperidine rings is 1. The molecular weight excluding hydrogens is 540 g/mol. The molecule has 8 nitrogen and oxygen atoms in total. The van der Waals surface area contributed by atoms with Crippen molar-refractivity contribution in [3.8, 4) is 5.69 Å². The number of anilines is 1. The fraction of sp³-hybridized carbons (Fsp3) is 0.469. The Bertz CT molecular complexity index is 1470. The summed E-state index contributed by atoms with van der Waals surface area (Å²) in [5.74, 6) is -1.76. The molecule has 0 N–H and O–H groups in total. The number of likely N-dealkylation sites (tertiary alicyclic amines) is 1. The van der Waals surface area contributed by atoms with Crippen LogP contribution in [-0.2, 0) is 4.74 Å². The number of carbonyl (C=O) groups excluding carboxylic acids is 2. The zero-order valence-electron chi connectivity index (χ0n) is 25.0. The lowest BCUT2D eigenvalue weighted by Gasteiger charge is -2.37. The minimum atomic E-state index is -0.758. The van der Waals surface area contributed by atoms with Crippen LogP contribution in [0.15, 0.2) is 42.6 Å². The summed E-state index contributed by atoms with van der Waals surface area (Å²) < 4.78 is 35.7. The number of piperazine rings is 1. The molecule has 0 unspecified atom stereocenters. The number of ether oxygens (including phenoxy) is 1. The molecule has 0 atom stereocenters. The molecule has 2 aromatic carbocycles. The van der Waals surface area contributed by atoms with Crippen LogP contribution in [0.3, 0.4) is 0 Å². The summed E-state index contributed by atoms with van der Waals surface area (Å²) in [4.78, 5) is 32.4. The van der Waals surface area contributed by atoms with E-state index < -0.39 is 17.2 Å². The van der Waals surface area contributed by atoms with E-state index in [9.17, 15) is 18.4 Å². The van der Waals surface area contributed by atoms with Gasteiger partial charge in [0.1, 0.15) is 17.1 Å². The normalized spacial score (nSPS) is 16.6. The maximum atomic E-state index is 15.0. The second-order valence-electron chi connectivity index (χ2n) is 12.2. The topological polar surface area (TPSA) is 70.9 Å². The number of carbonyl (C=O) groups is 2. The van der Waals surface area contributed by atoms with E-state index in [2.05, 4.69) is 42.0 Å². The first-order chi connectivity index (χ1) is 19.9. The lowest BCUT2D eigenvalue weighted by atomic mass is 9.90. The van der Waals surface area contributed by atoms with Crippen molar-refractivity contribution in [2.24, 2.45) is 0 Å². The van der Waals surface area contributed by atoms with Gasteiger partial charge in [-0.2, -0.15) is 5.10 Å². The van der Waals surface area contributed by atoms with E-state index in [1.165, 1.54) is 39.8 Å². The third kappa shape index (κ3) is 6.12. The largest absolute Gasteiger partial charge is 0.444 e. The van der Waals surface area contributed by atoms with Gasteiger partial charge in [0.05, 0.1) is 17.5 Å². The van der Waals surface area contributed by atoms with Crippen molar-refractivity contribution in [2.75, 3.05) is 44.2 Å². The van der Waals surface area contributed by atoms with Crippen molar-refractivity contribution >= 4 is 17.7 Å². The summed E-state index contributed by atoms with van der Waals surface area (Å²) >= 11 is 0. The lowest BCUT2D eigenvalue weighted by Crippen LogP contribution is -2.49. The van der Waals surface area contributed by atoms with Gasteiger partial charge in [0.15, 0.2) is 5.82 Å². The molecule has 2 saturated heterocycles. The number of hydrogen-bond acceptors (Lipinski definition) is 5. The fourth-order valence-electron chi connectivity index (χ4n) is 5.82. The highest BCUT2D eigenvalue weighted by atomic mass is 19.1. The standard InChI is InChI=1S/C32H39F2N5O3/c1-21-7-6-8-27(22(21)2)36-15-17-37(18-16-36)30(40)25-20-35-39(28-10-9-24(33)19-26(28)34)29(25)23-11-13-38(14-12-23)31(41)42-32(3,4)5/h6-10,19-20,23H,11-18H2,1-5H3. The molecule has 224 valence electrons. The zero-order chi connectivity index (χ0) is 30.2. The Morgan fingerprint density at radius 2 is 1.60 bits per heavy atom. The summed E-state index contributed by atoms with van der Waals surface area (Å²) in [6, 6.07) is 9.61. The molecule has 2 amide bonds. The van der Waals surface area contributed by atoms with Crippen molar-refractivity contribution in [3.05, 3.63) is 76.6 Å². The van der Waals surface area contributed by atoms with E-state index in [0.29, 0.717) is 63.4 Å². The third-order valence-corrected chi connectivity index (χ3v) is 8.19. The zero-order valence-corrected chi connectivity index (χ0v) is 25.0. The first-order valence-electron chi connectivity index (χ1n) is 14.5. The van der Waals surface area contributed by atoms with Gasteiger partial charge in [-0.25, -0.2) is 18.3 Å². The van der Waals surface area contributed by atoms with Crippen molar-refractivity contribution < 1.29 is 23.1 Å². The van der Waals surface area contributed by atoms with Gasteiger partial charge in [-0.15, -0.1) is 0 Å². The molecule has 2 fully saturated rings. The highest BCUT2D eigenvalue weighted by Crippen LogP contribution is 2.34. The Hall–Kier alpha value is -3.95. The van der Waals surface area contributed by atoms with Crippen LogP contribution in [-0.4, -0.2) is 76.5 Å². The van der Waals surface area contributed by atoms with Gasteiger partial charge < -0.3 is 19.4 Å². The molecule has 0 radical (unpaired) electrons. The Balaban J connectivity index is 1.39. The molecule has 0 saturated carbocycles.